The summed E-state index contributed by atoms with van der Waals surface area (Å²) in [5, 5.41) is -0.176. The number of Topliss-reactive ketones (excluding diaryl/α,β-unsaturated/α-hetero) is 1. The van der Waals surface area contributed by atoms with Crippen LogP contribution in [0.2, 0.25) is 0 Å². The van der Waals surface area contributed by atoms with Crippen LogP contribution in [0, 0.1) is 13.8 Å². The van der Waals surface area contributed by atoms with Crippen LogP contribution in [0.1, 0.15) is 39.0 Å². The maximum Gasteiger partial charge on any atom is 0.340 e. The van der Waals surface area contributed by atoms with E-state index in [2.05, 4.69) is 4.98 Å². The zero-order valence-corrected chi connectivity index (χ0v) is 15.2. The number of nitrogens with one attached hydrogen (secondary N) is 1. The van der Waals surface area contributed by atoms with Gasteiger partial charge in [0.15, 0.2) is 6.61 Å². The number of hydrogen-bond acceptors (Lipinski definition) is 7. The fraction of sp³-hybridized carbons (Fsp3) is 0.500. The molecular formula is C16H20N2O6S. The van der Waals surface area contributed by atoms with Gasteiger partial charge in [-0.05, 0) is 20.8 Å². The second-order valence-electron chi connectivity index (χ2n) is 5.47. The van der Waals surface area contributed by atoms with Crippen LogP contribution in [0.3, 0.4) is 0 Å². The van der Waals surface area contributed by atoms with Gasteiger partial charge in [0, 0.05) is 23.7 Å². The predicted octanol–water partition coefficient (Wildman–Crippen LogP) is 1.70. The minimum atomic E-state index is -0.660. The average molecular weight is 368 g/mol. The lowest BCUT2D eigenvalue weighted by molar-refractivity contribution is -0.142. The Balaban J connectivity index is 2.02. The van der Waals surface area contributed by atoms with E-state index in [-0.39, 0.29) is 29.5 Å². The molecule has 1 aromatic heterocycles. The number of ketones is 1. The van der Waals surface area contributed by atoms with Gasteiger partial charge in [-0.15, -0.1) is 0 Å². The molecule has 1 fully saturated rings. The number of thioether (sulfide) groups is 1. The third kappa shape index (κ3) is 4.41. The summed E-state index contributed by atoms with van der Waals surface area (Å²) in [7, 11) is 0. The molecule has 1 aromatic rings. The Kier molecular flexibility index (Phi) is 6.24. The van der Waals surface area contributed by atoms with E-state index in [1.54, 1.807) is 20.8 Å². The summed E-state index contributed by atoms with van der Waals surface area (Å²) in [5.41, 5.74) is 1.35. The second kappa shape index (κ2) is 8.19. The number of carbonyl (C=O) groups is 4. The van der Waals surface area contributed by atoms with Crippen LogP contribution >= 0.6 is 11.8 Å². The lowest BCUT2D eigenvalue weighted by Crippen LogP contribution is -2.32. The summed E-state index contributed by atoms with van der Waals surface area (Å²) < 4.78 is 9.94. The molecule has 0 aliphatic carbocycles. The number of aromatic amines is 1. The van der Waals surface area contributed by atoms with Crippen molar-refractivity contribution in [2.75, 3.05) is 32.1 Å². The summed E-state index contributed by atoms with van der Waals surface area (Å²) in [4.78, 5) is 52.1. The van der Waals surface area contributed by atoms with E-state index in [0.717, 1.165) is 11.8 Å². The van der Waals surface area contributed by atoms with Gasteiger partial charge in [-0.25, -0.2) is 4.79 Å². The molecule has 1 aliphatic heterocycles. The first kappa shape index (κ1) is 19.0. The number of esters is 2. The lowest BCUT2D eigenvalue weighted by atomic mass is 10.1. The van der Waals surface area contributed by atoms with Gasteiger partial charge >= 0.3 is 11.9 Å². The lowest BCUT2D eigenvalue weighted by Gasteiger charge is -2.13. The highest BCUT2D eigenvalue weighted by Gasteiger charge is 2.27. The van der Waals surface area contributed by atoms with Gasteiger partial charge in [-0.3, -0.25) is 14.4 Å². The van der Waals surface area contributed by atoms with Gasteiger partial charge in [0.2, 0.25) is 5.78 Å². The number of hydrogen-bond donors (Lipinski definition) is 1. The quantitative estimate of drug-likeness (QED) is 0.577. The summed E-state index contributed by atoms with van der Waals surface area (Å²) >= 11 is 1.14. The molecule has 1 aliphatic rings. The van der Waals surface area contributed by atoms with Crippen LogP contribution in [-0.4, -0.2) is 64.9 Å². The van der Waals surface area contributed by atoms with E-state index in [4.69, 9.17) is 9.47 Å². The van der Waals surface area contributed by atoms with Gasteiger partial charge in [-0.2, -0.15) is 0 Å². The summed E-state index contributed by atoms with van der Waals surface area (Å²) in [5.74, 6) is -1.12. The Labute approximate surface area is 149 Å². The number of rotatable bonds is 7. The molecule has 8 nitrogen and oxygen atoms in total. The maximum atomic E-state index is 12.4. The Morgan fingerprint density at radius 1 is 1.16 bits per heavy atom. The molecule has 2 rings (SSSR count). The number of amides is 1. The molecule has 136 valence electrons. The molecule has 25 heavy (non-hydrogen) atoms. The Bertz CT molecular complexity index is 712. The van der Waals surface area contributed by atoms with Crippen molar-refractivity contribution in [2.45, 2.75) is 20.8 Å². The number of aryl methyl sites for hydroxylation is 2. The molecule has 0 unspecified atom stereocenters. The van der Waals surface area contributed by atoms with Crippen molar-refractivity contribution in [1.29, 1.82) is 0 Å². The first-order chi connectivity index (χ1) is 11.8. The van der Waals surface area contributed by atoms with Gasteiger partial charge in [0.05, 0.1) is 17.7 Å². The molecule has 0 spiro atoms. The van der Waals surface area contributed by atoms with Gasteiger partial charge in [0.1, 0.15) is 6.54 Å². The highest BCUT2D eigenvalue weighted by molar-refractivity contribution is 8.13. The van der Waals surface area contributed by atoms with Gasteiger partial charge < -0.3 is 19.4 Å². The Hall–Kier alpha value is -2.29. The molecule has 1 N–H and O–H groups in total. The van der Waals surface area contributed by atoms with Crippen LogP contribution in [0.15, 0.2) is 0 Å². The van der Waals surface area contributed by atoms with Crippen molar-refractivity contribution in [3.63, 3.8) is 0 Å². The molecule has 1 saturated heterocycles. The van der Waals surface area contributed by atoms with E-state index in [0.29, 0.717) is 23.7 Å². The third-order valence-corrected chi connectivity index (χ3v) is 4.55. The highest BCUT2D eigenvalue weighted by atomic mass is 32.2. The minimum Gasteiger partial charge on any atom is -0.462 e. The Morgan fingerprint density at radius 3 is 2.44 bits per heavy atom. The summed E-state index contributed by atoms with van der Waals surface area (Å²) in [6, 6.07) is 0. The minimum absolute atomic E-state index is 0.159. The number of nitrogens with zero attached hydrogens (tertiary/aromatic N) is 1. The largest absolute Gasteiger partial charge is 0.462 e. The molecule has 0 bridgehead atoms. The van der Waals surface area contributed by atoms with Crippen molar-refractivity contribution in [3.8, 4) is 0 Å². The van der Waals surface area contributed by atoms with Crippen LogP contribution in [0.5, 0.6) is 0 Å². The topological polar surface area (TPSA) is 106 Å². The molecule has 0 radical (unpaired) electrons. The molecule has 1 amide bonds. The molecule has 0 saturated carbocycles. The summed E-state index contributed by atoms with van der Waals surface area (Å²) in [6.07, 6.45) is 0. The zero-order chi connectivity index (χ0) is 18.6. The first-order valence-electron chi connectivity index (χ1n) is 7.82. The van der Waals surface area contributed by atoms with Crippen molar-refractivity contribution in [1.82, 2.24) is 9.88 Å². The number of H-pyrrole nitrogens is 1. The smallest absolute Gasteiger partial charge is 0.340 e. The van der Waals surface area contributed by atoms with Crippen molar-refractivity contribution in [2.24, 2.45) is 0 Å². The second-order valence-corrected chi connectivity index (χ2v) is 6.51. The van der Waals surface area contributed by atoms with Crippen LogP contribution in [0.4, 0.5) is 4.79 Å². The Morgan fingerprint density at radius 2 is 1.84 bits per heavy atom. The number of ether oxygens (including phenoxy) is 2. The monoisotopic (exact) mass is 368 g/mol. The van der Waals surface area contributed by atoms with E-state index >= 15 is 0 Å². The van der Waals surface area contributed by atoms with E-state index in [1.807, 2.05) is 0 Å². The van der Waals surface area contributed by atoms with Crippen LogP contribution < -0.4 is 0 Å². The van der Waals surface area contributed by atoms with Crippen LogP contribution in [0.25, 0.3) is 0 Å². The standard InChI is InChI=1S/C16H20N2O6S/c1-4-23-15(21)14-10(3)17-9(2)13(14)11(19)8-24-12(20)7-18-5-6-25-16(18)22/h17H,4-8H2,1-3H3. The maximum absolute atomic E-state index is 12.4. The van der Waals surface area contributed by atoms with Crippen LogP contribution in [-0.2, 0) is 14.3 Å². The fourth-order valence-electron chi connectivity index (χ4n) is 2.58. The van der Waals surface area contributed by atoms with Crippen molar-refractivity contribution < 1.29 is 28.7 Å². The molecule has 9 heteroatoms. The van der Waals surface area contributed by atoms with Crippen molar-refractivity contribution >= 4 is 34.7 Å². The van der Waals surface area contributed by atoms with Crippen molar-refractivity contribution in [3.05, 3.63) is 22.5 Å². The number of aromatic nitrogens is 1. The fourth-order valence-corrected chi connectivity index (χ4v) is 3.40. The summed E-state index contributed by atoms with van der Waals surface area (Å²) in [6.45, 7) is 4.98. The zero-order valence-electron chi connectivity index (χ0n) is 14.3. The third-order valence-electron chi connectivity index (χ3n) is 3.66. The molecule has 0 atom stereocenters. The normalized spacial score (nSPS) is 13.9. The SMILES string of the molecule is CCOC(=O)c1c(C)[nH]c(C)c1C(=O)COC(=O)CN1CCSC1=O. The van der Waals surface area contributed by atoms with E-state index in [1.165, 1.54) is 4.90 Å². The van der Waals surface area contributed by atoms with Gasteiger partial charge in [0.25, 0.3) is 5.24 Å². The van der Waals surface area contributed by atoms with Gasteiger partial charge in [-0.1, -0.05) is 11.8 Å². The molecule has 2 heterocycles. The number of carbonyl (C=O) groups excluding carboxylic acids is 4. The van der Waals surface area contributed by atoms with E-state index in [9.17, 15) is 19.2 Å². The predicted molar refractivity (Wildman–Crippen MR) is 90.9 cm³/mol. The molecular weight excluding hydrogens is 348 g/mol. The average Bonchev–Trinajstić information content (AvgIpc) is 3.08. The molecule has 0 aromatic carbocycles. The van der Waals surface area contributed by atoms with E-state index < -0.39 is 24.3 Å². The highest BCUT2D eigenvalue weighted by Crippen LogP contribution is 2.21. The first-order valence-corrected chi connectivity index (χ1v) is 8.80.